The predicted octanol–water partition coefficient (Wildman–Crippen LogP) is 2.53. The lowest BCUT2D eigenvalue weighted by molar-refractivity contribution is -0.00414. The highest BCUT2D eigenvalue weighted by Gasteiger charge is 2.45. The third kappa shape index (κ3) is 2.35. The highest BCUT2D eigenvalue weighted by Crippen LogP contribution is 2.43. The first kappa shape index (κ1) is 15.2. The van der Waals surface area contributed by atoms with Gasteiger partial charge in [-0.15, -0.1) is 0 Å². The van der Waals surface area contributed by atoms with Crippen LogP contribution in [0, 0.1) is 0 Å². The summed E-state index contributed by atoms with van der Waals surface area (Å²) in [7, 11) is 0. The van der Waals surface area contributed by atoms with Crippen molar-refractivity contribution in [3.8, 4) is 11.5 Å². The Kier molecular flexibility index (Phi) is 3.49. The van der Waals surface area contributed by atoms with E-state index in [-0.39, 0.29) is 24.2 Å². The molecular weight excluding hydrogens is 342 g/mol. The fraction of sp³-hybridized carbons (Fsp3) is 0.529. The number of rotatable bonds is 2. The Morgan fingerprint density at radius 3 is 3.12 bits per heavy atom. The van der Waals surface area contributed by atoms with Gasteiger partial charge in [-0.2, -0.15) is 0 Å². The molecule has 0 saturated carbocycles. The fourth-order valence-corrected chi connectivity index (χ4v) is 4.78. The number of aromatic nitrogens is 1. The van der Waals surface area contributed by atoms with Crippen molar-refractivity contribution in [2.75, 3.05) is 24.7 Å². The number of carbonyl (C=O) groups is 1. The van der Waals surface area contributed by atoms with Crippen molar-refractivity contribution in [3.05, 3.63) is 12.1 Å². The number of nitrogens with one attached hydrogen (secondary N) is 1. The van der Waals surface area contributed by atoms with Crippen LogP contribution in [0.15, 0.2) is 12.1 Å². The molecule has 2 aromatic rings. The Labute approximate surface area is 148 Å². The highest BCUT2D eigenvalue weighted by atomic mass is 32.1. The molecule has 0 bridgehead atoms. The second kappa shape index (κ2) is 5.74. The fourth-order valence-electron chi connectivity index (χ4n) is 3.76. The lowest BCUT2D eigenvalue weighted by atomic mass is 9.98. The predicted molar refractivity (Wildman–Crippen MR) is 93.8 cm³/mol. The van der Waals surface area contributed by atoms with Gasteiger partial charge >= 0.3 is 6.03 Å². The van der Waals surface area contributed by atoms with Gasteiger partial charge < -0.3 is 19.5 Å². The van der Waals surface area contributed by atoms with Gasteiger partial charge in [-0.3, -0.25) is 4.90 Å². The molecule has 4 heterocycles. The molecule has 2 fully saturated rings. The summed E-state index contributed by atoms with van der Waals surface area (Å²) in [4.78, 5) is 19.1. The number of amides is 2. The van der Waals surface area contributed by atoms with Crippen LogP contribution in [0.2, 0.25) is 0 Å². The molecule has 7 nitrogen and oxygen atoms in total. The van der Waals surface area contributed by atoms with Crippen LogP contribution >= 0.6 is 11.3 Å². The molecule has 1 N–H and O–H groups in total. The summed E-state index contributed by atoms with van der Waals surface area (Å²) in [6, 6.07) is 3.90. The standard InChI is InChI=1S/C17H19N3O4S/c1-2-9-7-11-10(8-24-9)18-16(21)20(11)17-19-14-13(25-17)4-3-12-15(14)23-6-5-22-12/h3-4,9-11H,2,5-8H2,1H3,(H,18,21)/t9?,10?,11-/m1/s1. The molecule has 132 valence electrons. The van der Waals surface area contributed by atoms with Crippen LogP contribution in [0.1, 0.15) is 19.8 Å². The van der Waals surface area contributed by atoms with Gasteiger partial charge in [0.05, 0.1) is 29.5 Å². The van der Waals surface area contributed by atoms with Gasteiger partial charge in [-0.05, 0) is 25.0 Å². The first-order valence-corrected chi connectivity index (χ1v) is 9.46. The van der Waals surface area contributed by atoms with Crippen molar-refractivity contribution in [3.63, 3.8) is 0 Å². The molecule has 1 aromatic heterocycles. The van der Waals surface area contributed by atoms with Crippen LogP contribution in [0.5, 0.6) is 11.5 Å². The number of fused-ring (bicyclic) bond motifs is 4. The number of anilines is 1. The molecule has 0 spiro atoms. The lowest BCUT2D eigenvalue weighted by Gasteiger charge is -2.33. The van der Waals surface area contributed by atoms with Crippen molar-refractivity contribution in [2.24, 2.45) is 0 Å². The molecule has 3 aliphatic rings. The van der Waals surface area contributed by atoms with Gasteiger partial charge in [-0.25, -0.2) is 9.78 Å². The molecule has 2 amide bonds. The van der Waals surface area contributed by atoms with Crippen LogP contribution in [0.3, 0.4) is 0 Å². The topological polar surface area (TPSA) is 72.9 Å². The molecule has 0 aliphatic carbocycles. The maximum Gasteiger partial charge on any atom is 0.324 e. The van der Waals surface area contributed by atoms with Gasteiger partial charge in [0.2, 0.25) is 0 Å². The van der Waals surface area contributed by atoms with Crippen LogP contribution in [0.25, 0.3) is 10.2 Å². The summed E-state index contributed by atoms with van der Waals surface area (Å²) >= 11 is 1.51. The summed E-state index contributed by atoms with van der Waals surface area (Å²) < 4.78 is 18.2. The molecule has 8 heteroatoms. The number of carbonyl (C=O) groups excluding carboxylic acids is 1. The number of hydrogen-bond acceptors (Lipinski definition) is 6. The summed E-state index contributed by atoms with van der Waals surface area (Å²) in [6.07, 6.45) is 1.97. The third-order valence-corrected chi connectivity index (χ3v) is 6.08. The molecule has 5 rings (SSSR count). The Morgan fingerprint density at radius 1 is 1.36 bits per heavy atom. The van der Waals surface area contributed by atoms with E-state index in [0.717, 1.165) is 28.8 Å². The Balaban J connectivity index is 1.54. The van der Waals surface area contributed by atoms with Gasteiger partial charge in [0.1, 0.15) is 18.7 Å². The zero-order valence-corrected chi connectivity index (χ0v) is 14.7. The van der Waals surface area contributed by atoms with Crippen LogP contribution in [0.4, 0.5) is 9.93 Å². The smallest absolute Gasteiger partial charge is 0.324 e. The van der Waals surface area contributed by atoms with Crippen molar-refractivity contribution < 1.29 is 19.0 Å². The van der Waals surface area contributed by atoms with Gasteiger partial charge in [0.25, 0.3) is 0 Å². The summed E-state index contributed by atoms with van der Waals surface area (Å²) in [5, 5.41) is 3.74. The summed E-state index contributed by atoms with van der Waals surface area (Å²) in [6.45, 7) is 3.74. The SMILES string of the molecule is CCC1C[C@@H]2C(CO1)NC(=O)N2c1nc2c3c(ccc2s1)OCCO3. The number of ether oxygens (including phenoxy) is 3. The zero-order chi connectivity index (χ0) is 17.0. The Morgan fingerprint density at radius 2 is 2.24 bits per heavy atom. The van der Waals surface area contributed by atoms with Gasteiger partial charge in [0, 0.05) is 0 Å². The molecule has 1 aromatic carbocycles. The maximum absolute atomic E-state index is 12.6. The van der Waals surface area contributed by atoms with Crippen LogP contribution < -0.4 is 19.7 Å². The minimum absolute atomic E-state index is 0.0239. The number of nitrogens with zero attached hydrogens (tertiary/aromatic N) is 2. The molecule has 2 saturated heterocycles. The second-order valence-corrected chi connectivity index (χ2v) is 7.53. The summed E-state index contributed by atoms with van der Waals surface area (Å²) in [5.74, 6) is 1.40. The lowest BCUT2D eigenvalue weighted by Crippen LogP contribution is -2.47. The van der Waals surface area contributed by atoms with E-state index in [1.807, 2.05) is 12.1 Å². The van der Waals surface area contributed by atoms with E-state index in [1.165, 1.54) is 11.3 Å². The third-order valence-electron chi connectivity index (χ3n) is 5.06. The quantitative estimate of drug-likeness (QED) is 0.890. The minimum atomic E-state index is -0.0968. The van der Waals surface area contributed by atoms with E-state index in [0.29, 0.717) is 30.7 Å². The van der Waals surface area contributed by atoms with Gasteiger partial charge in [-0.1, -0.05) is 18.3 Å². The van der Waals surface area contributed by atoms with Crippen molar-refractivity contribution >= 4 is 32.7 Å². The highest BCUT2D eigenvalue weighted by molar-refractivity contribution is 7.22. The van der Waals surface area contributed by atoms with Crippen molar-refractivity contribution in [1.82, 2.24) is 10.3 Å². The molecule has 25 heavy (non-hydrogen) atoms. The molecular formula is C17H19N3O4S. The van der Waals surface area contributed by atoms with E-state index >= 15 is 0 Å². The minimum Gasteiger partial charge on any atom is -0.486 e. The number of urea groups is 1. The van der Waals surface area contributed by atoms with E-state index in [4.69, 9.17) is 19.2 Å². The molecule has 3 atom stereocenters. The first-order valence-electron chi connectivity index (χ1n) is 8.65. The zero-order valence-electron chi connectivity index (χ0n) is 13.9. The average Bonchev–Trinajstić information content (AvgIpc) is 3.20. The number of hydrogen-bond donors (Lipinski definition) is 1. The Bertz CT molecular complexity index is 839. The van der Waals surface area contributed by atoms with Gasteiger partial charge in [0.15, 0.2) is 16.6 Å². The van der Waals surface area contributed by atoms with E-state index in [2.05, 4.69) is 12.2 Å². The Hall–Kier alpha value is -2.06. The molecule has 0 radical (unpaired) electrons. The number of benzene rings is 1. The van der Waals surface area contributed by atoms with E-state index in [9.17, 15) is 4.79 Å². The van der Waals surface area contributed by atoms with Crippen LogP contribution in [-0.2, 0) is 4.74 Å². The van der Waals surface area contributed by atoms with Crippen LogP contribution in [-0.4, -0.2) is 49.0 Å². The maximum atomic E-state index is 12.6. The van der Waals surface area contributed by atoms with Crippen molar-refractivity contribution in [2.45, 2.75) is 38.0 Å². The molecule has 3 aliphatic heterocycles. The number of thiazole rings is 1. The summed E-state index contributed by atoms with van der Waals surface area (Å²) in [5.41, 5.74) is 0.771. The average molecular weight is 361 g/mol. The largest absolute Gasteiger partial charge is 0.486 e. The normalized spacial score (nSPS) is 28.1. The second-order valence-electron chi connectivity index (χ2n) is 6.53. The monoisotopic (exact) mass is 361 g/mol. The van der Waals surface area contributed by atoms with E-state index in [1.54, 1.807) is 4.90 Å². The first-order chi connectivity index (χ1) is 12.2. The van der Waals surface area contributed by atoms with E-state index < -0.39 is 0 Å². The molecule has 2 unspecified atom stereocenters. The van der Waals surface area contributed by atoms with Crippen molar-refractivity contribution in [1.29, 1.82) is 0 Å².